The number of piperidine rings is 1. The van der Waals surface area contributed by atoms with Gasteiger partial charge in [0.25, 0.3) is 0 Å². The van der Waals surface area contributed by atoms with Gasteiger partial charge in [0, 0.05) is 24.0 Å². The van der Waals surface area contributed by atoms with Crippen molar-refractivity contribution in [3.63, 3.8) is 0 Å². The van der Waals surface area contributed by atoms with Crippen molar-refractivity contribution in [1.82, 2.24) is 10.2 Å². The highest BCUT2D eigenvalue weighted by Crippen LogP contribution is 2.30. The first kappa shape index (κ1) is 15.8. The van der Waals surface area contributed by atoms with Crippen molar-refractivity contribution in [2.45, 2.75) is 42.3 Å². The molecule has 3 saturated heterocycles. The highest BCUT2D eigenvalue weighted by molar-refractivity contribution is 7.99. The van der Waals surface area contributed by atoms with Gasteiger partial charge in [-0.05, 0) is 44.0 Å². The number of carbonyl (C=O) groups is 1. The summed E-state index contributed by atoms with van der Waals surface area (Å²) in [5.41, 5.74) is 1.26. The minimum atomic E-state index is 0.139. The largest absolute Gasteiger partial charge is 0.453 e. The van der Waals surface area contributed by atoms with Crippen LogP contribution in [0.25, 0.3) is 0 Å². The quantitative estimate of drug-likeness (QED) is 0.924. The van der Waals surface area contributed by atoms with Gasteiger partial charge in [0.05, 0.1) is 12.5 Å². The third-order valence-corrected chi connectivity index (χ3v) is 5.72. The molecule has 1 aromatic carbocycles. The van der Waals surface area contributed by atoms with Gasteiger partial charge in [0.1, 0.15) is 5.76 Å². The van der Waals surface area contributed by atoms with E-state index in [0.29, 0.717) is 6.04 Å². The van der Waals surface area contributed by atoms with Gasteiger partial charge in [0.2, 0.25) is 5.91 Å². The van der Waals surface area contributed by atoms with E-state index in [1.807, 2.05) is 6.07 Å². The molecule has 4 nitrogen and oxygen atoms in total. The van der Waals surface area contributed by atoms with E-state index in [9.17, 15) is 4.79 Å². The molecule has 0 radical (unpaired) electrons. The van der Waals surface area contributed by atoms with E-state index >= 15 is 0 Å². The second-order valence-corrected chi connectivity index (χ2v) is 7.89. The molecule has 2 bridgehead atoms. The average Bonchev–Trinajstić information content (AvgIpc) is 2.81. The summed E-state index contributed by atoms with van der Waals surface area (Å²) in [6.07, 6.45) is 2.11. The van der Waals surface area contributed by atoms with Crippen LogP contribution in [0.1, 0.15) is 24.2 Å². The van der Waals surface area contributed by atoms with E-state index in [4.69, 9.17) is 4.42 Å². The summed E-state index contributed by atoms with van der Waals surface area (Å²) in [5, 5.41) is 4.04. The number of nitrogens with one attached hydrogen (secondary N) is 1. The molecule has 3 aliphatic rings. The van der Waals surface area contributed by atoms with Crippen LogP contribution in [-0.4, -0.2) is 29.9 Å². The molecule has 5 heteroatoms. The molecule has 0 spiro atoms. The van der Waals surface area contributed by atoms with Crippen molar-refractivity contribution in [3.05, 3.63) is 47.7 Å². The van der Waals surface area contributed by atoms with E-state index in [-0.39, 0.29) is 11.8 Å². The van der Waals surface area contributed by atoms with E-state index in [1.54, 1.807) is 11.8 Å². The van der Waals surface area contributed by atoms with E-state index < -0.39 is 0 Å². The number of rotatable bonds is 4. The normalized spacial score (nSPS) is 24.0. The Bertz CT molecular complexity index is 725. The Balaban J connectivity index is 1.40. The second-order valence-electron chi connectivity index (χ2n) is 6.81. The number of hydrogen-bond acceptors (Lipinski definition) is 4. The average molecular weight is 342 g/mol. The van der Waals surface area contributed by atoms with Gasteiger partial charge < -0.3 is 9.73 Å². The summed E-state index contributed by atoms with van der Waals surface area (Å²) >= 11 is 1.65. The van der Waals surface area contributed by atoms with Crippen LogP contribution in [0, 0.1) is 12.8 Å². The third-order valence-electron chi connectivity index (χ3n) is 4.79. The number of benzene rings is 1. The van der Waals surface area contributed by atoms with Gasteiger partial charge >= 0.3 is 0 Å². The fourth-order valence-electron chi connectivity index (χ4n) is 3.50. The molecule has 3 aliphatic heterocycles. The fraction of sp³-hybridized carbons (Fsp3) is 0.421. The summed E-state index contributed by atoms with van der Waals surface area (Å²) < 4.78 is 6.00. The Labute approximate surface area is 146 Å². The van der Waals surface area contributed by atoms with Crippen LogP contribution in [0.15, 0.2) is 50.8 Å². The monoisotopic (exact) mass is 342 g/mol. The summed E-state index contributed by atoms with van der Waals surface area (Å²) in [6, 6.07) is 12.9. The van der Waals surface area contributed by atoms with E-state index in [2.05, 4.69) is 47.5 Å². The van der Waals surface area contributed by atoms with Crippen LogP contribution in [0.3, 0.4) is 0 Å². The number of furan rings is 1. The molecule has 0 aliphatic carbocycles. The van der Waals surface area contributed by atoms with Crippen LogP contribution < -0.4 is 5.32 Å². The lowest BCUT2D eigenvalue weighted by Crippen LogP contribution is -2.43. The van der Waals surface area contributed by atoms with E-state index in [0.717, 1.165) is 43.3 Å². The summed E-state index contributed by atoms with van der Waals surface area (Å²) in [6.45, 7) is 4.62. The minimum absolute atomic E-state index is 0.139. The first-order chi connectivity index (χ1) is 11.7. The van der Waals surface area contributed by atoms with Crippen molar-refractivity contribution in [3.8, 4) is 0 Å². The number of aryl methyl sites for hydroxylation is 1. The number of hydrogen-bond donors (Lipinski definition) is 1. The van der Waals surface area contributed by atoms with Gasteiger partial charge in [-0.3, -0.25) is 9.69 Å². The zero-order chi connectivity index (χ0) is 16.5. The smallest absolute Gasteiger partial charge is 0.224 e. The molecule has 0 unspecified atom stereocenters. The first-order valence-corrected chi connectivity index (χ1v) is 9.33. The zero-order valence-electron chi connectivity index (χ0n) is 13.8. The van der Waals surface area contributed by atoms with Crippen LogP contribution in [-0.2, 0) is 11.3 Å². The molecule has 3 fully saturated rings. The second kappa shape index (κ2) is 6.65. The van der Waals surface area contributed by atoms with Crippen molar-refractivity contribution in [2.24, 2.45) is 5.92 Å². The summed E-state index contributed by atoms with van der Waals surface area (Å²) in [7, 11) is 0. The molecular formula is C19H22N2O2S. The van der Waals surface area contributed by atoms with Crippen LogP contribution in [0.5, 0.6) is 0 Å². The van der Waals surface area contributed by atoms with Crippen LogP contribution >= 0.6 is 11.8 Å². The molecule has 24 heavy (non-hydrogen) atoms. The predicted octanol–water partition coefficient (Wildman–Crippen LogP) is 3.45. The van der Waals surface area contributed by atoms with Gasteiger partial charge in [-0.2, -0.15) is 0 Å². The molecule has 1 aromatic heterocycles. The van der Waals surface area contributed by atoms with Gasteiger partial charge in [-0.1, -0.05) is 29.5 Å². The maximum absolute atomic E-state index is 11.9. The number of nitrogens with zero attached hydrogens (tertiary/aromatic N) is 1. The topological polar surface area (TPSA) is 45.5 Å². The maximum Gasteiger partial charge on any atom is 0.224 e. The predicted molar refractivity (Wildman–Crippen MR) is 93.9 cm³/mol. The van der Waals surface area contributed by atoms with Crippen molar-refractivity contribution >= 4 is 17.7 Å². The molecule has 1 amide bonds. The number of amides is 1. The molecule has 1 N–H and O–H groups in total. The highest BCUT2D eigenvalue weighted by atomic mass is 32.2. The Hall–Kier alpha value is -1.72. The fourth-order valence-corrected chi connectivity index (χ4v) is 4.29. The molecule has 4 heterocycles. The molecule has 5 rings (SSSR count). The lowest BCUT2D eigenvalue weighted by atomic mass is 9.96. The highest BCUT2D eigenvalue weighted by Gasteiger charge is 2.34. The number of carbonyl (C=O) groups excluding carboxylic acids is 1. The maximum atomic E-state index is 11.9. The molecule has 126 valence electrons. The van der Waals surface area contributed by atoms with Crippen molar-refractivity contribution in [2.75, 3.05) is 13.1 Å². The minimum Gasteiger partial charge on any atom is -0.453 e. The van der Waals surface area contributed by atoms with Gasteiger partial charge in [-0.25, -0.2) is 0 Å². The first-order valence-electron chi connectivity index (χ1n) is 8.52. The SMILES string of the molecule is Cc1ccc(Sc2ccc(CN3C[C@H]4CC[C@@H](C3)C(=O)N4)o2)cc1. The zero-order valence-corrected chi connectivity index (χ0v) is 14.6. The lowest BCUT2D eigenvalue weighted by Gasteiger charge is -2.22. The molecular weight excluding hydrogens is 320 g/mol. The Kier molecular flexibility index (Phi) is 4.37. The summed E-state index contributed by atoms with van der Waals surface area (Å²) in [4.78, 5) is 15.5. The van der Waals surface area contributed by atoms with Crippen molar-refractivity contribution < 1.29 is 9.21 Å². The third kappa shape index (κ3) is 3.52. The van der Waals surface area contributed by atoms with Crippen LogP contribution in [0.2, 0.25) is 0 Å². The Morgan fingerprint density at radius 2 is 2.00 bits per heavy atom. The van der Waals surface area contributed by atoms with Crippen LogP contribution in [0.4, 0.5) is 0 Å². The van der Waals surface area contributed by atoms with Gasteiger partial charge in [-0.15, -0.1) is 0 Å². The lowest BCUT2D eigenvalue weighted by molar-refractivity contribution is -0.126. The van der Waals surface area contributed by atoms with E-state index in [1.165, 1.54) is 10.5 Å². The molecule has 2 atom stereocenters. The number of fused-ring (bicyclic) bond motifs is 4. The summed E-state index contributed by atoms with van der Waals surface area (Å²) in [5.74, 6) is 1.34. The Morgan fingerprint density at radius 3 is 2.79 bits per heavy atom. The Morgan fingerprint density at radius 1 is 1.17 bits per heavy atom. The molecule has 0 saturated carbocycles. The molecule has 2 aromatic rings. The van der Waals surface area contributed by atoms with Gasteiger partial charge in [0.15, 0.2) is 5.09 Å². The van der Waals surface area contributed by atoms with Crippen molar-refractivity contribution in [1.29, 1.82) is 0 Å². The standard InChI is InChI=1S/C19H22N2O2S/c1-13-2-7-17(8-3-13)24-18-9-6-16(23-18)12-21-10-14-4-5-15(11-21)20-19(14)22/h2-3,6-9,14-15H,4-5,10-12H2,1H3,(H,20,22)/t14-,15+/m0/s1.